The van der Waals surface area contributed by atoms with Gasteiger partial charge in [-0.2, -0.15) is 0 Å². The number of ketones is 1. The van der Waals surface area contributed by atoms with Gasteiger partial charge in [0.05, 0.1) is 6.10 Å². The molecule has 7 heteroatoms. The highest BCUT2D eigenvalue weighted by atomic mass is 28.5. The Labute approximate surface area is 204 Å². The average molecular weight is 503 g/mol. The number of Topliss-reactive ketones (excluding diaryl/α,β-unsaturated/α-hetero) is 1. The van der Waals surface area contributed by atoms with Crippen molar-refractivity contribution in [3.05, 3.63) is 71.3 Å². The molecule has 0 saturated heterocycles. The lowest BCUT2D eigenvalue weighted by atomic mass is 9.95. The molecule has 0 aromatic heterocycles. The number of carbonyl (C=O) groups is 1. The van der Waals surface area contributed by atoms with Crippen molar-refractivity contribution in [1.29, 1.82) is 0 Å². The largest absolute Gasteiger partial charge is 0.437 e. The molecule has 2 aromatic rings. The molecule has 0 N–H and O–H groups in total. The van der Waals surface area contributed by atoms with E-state index in [1.54, 1.807) is 0 Å². The smallest absolute Gasteiger partial charge is 0.314 e. The molecule has 0 radical (unpaired) electrons. The molecule has 1 atom stereocenters. The normalized spacial score (nSPS) is 13.9. The first kappa shape index (κ1) is 27.9. The van der Waals surface area contributed by atoms with Crippen LogP contribution < -0.4 is 0 Å². The maximum atomic E-state index is 13.7. The Hall–Kier alpha value is -1.36. The second-order valence-corrected chi connectivity index (χ2v) is 23.9. The molecule has 0 spiro atoms. The fraction of sp³-hybridized carbons (Fsp3) is 0.500. The van der Waals surface area contributed by atoms with Gasteiger partial charge in [0.1, 0.15) is 6.10 Å². The van der Waals surface area contributed by atoms with Gasteiger partial charge in [-0.25, -0.2) is 0 Å². The summed E-state index contributed by atoms with van der Waals surface area (Å²) >= 11 is 0. The zero-order valence-corrected chi connectivity index (χ0v) is 24.9. The number of hydrogen-bond donors (Lipinski definition) is 0. The molecule has 0 fully saturated rings. The molecule has 0 amide bonds. The van der Waals surface area contributed by atoms with Gasteiger partial charge < -0.3 is 13.0 Å². The van der Waals surface area contributed by atoms with Crippen molar-refractivity contribution in [1.82, 2.24) is 0 Å². The zero-order chi connectivity index (χ0) is 24.9. The fourth-order valence-electron chi connectivity index (χ4n) is 4.09. The van der Waals surface area contributed by atoms with Crippen LogP contribution in [0.25, 0.3) is 0 Å². The van der Waals surface area contributed by atoms with Crippen LogP contribution in [-0.2, 0) is 19.4 Å². The van der Waals surface area contributed by atoms with Crippen molar-refractivity contribution in [3.8, 4) is 0 Å². The molecule has 0 bridgehead atoms. The van der Waals surface area contributed by atoms with Gasteiger partial charge in [-0.3, -0.25) is 4.79 Å². The van der Waals surface area contributed by atoms with Crippen molar-refractivity contribution in [2.24, 2.45) is 0 Å². The van der Waals surface area contributed by atoms with Crippen molar-refractivity contribution >= 4 is 31.0 Å². The highest BCUT2D eigenvalue weighted by Crippen LogP contribution is 2.29. The monoisotopic (exact) mass is 502 g/mol. The maximum absolute atomic E-state index is 13.7. The summed E-state index contributed by atoms with van der Waals surface area (Å²) < 4.78 is 19.5. The summed E-state index contributed by atoms with van der Waals surface area (Å²) in [6.07, 6.45) is 0.0766. The third kappa shape index (κ3) is 9.42. The summed E-state index contributed by atoms with van der Waals surface area (Å²) in [5.41, 5.74) is 2.64. The van der Waals surface area contributed by atoms with E-state index in [1.165, 1.54) is 0 Å². The Bertz CT molecular complexity index is 886. The van der Waals surface area contributed by atoms with Crippen molar-refractivity contribution in [2.45, 2.75) is 84.3 Å². The zero-order valence-electron chi connectivity index (χ0n) is 21.9. The summed E-state index contributed by atoms with van der Waals surface area (Å²) in [7, 11) is -5.95. The van der Waals surface area contributed by atoms with Crippen LogP contribution in [0.3, 0.4) is 0 Å². The number of rotatable bonds is 12. The Kier molecular flexibility index (Phi) is 9.61. The van der Waals surface area contributed by atoms with E-state index in [4.69, 9.17) is 13.0 Å². The van der Waals surface area contributed by atoms with Gasteiger partial charge in [-0.1, -0.05) is 54.6 Å². The van der Waals surface area contributed by atoms with E-state index in [2.05, 4.69) is 51.9 Å². The van der Waals surface area contributed by atoms with Gasteiger partial charge in [0.25, 0.3) is 0 Å². The summed E-state index contributed by atoms with van der Waals surface area (Å²) in [6, 6.07) is 18.5. The van der Waals surface area contributed by atoms with Gasteiger partial charge in [-0.05, 0) is 83.3 Å². The van der Waals surface area contributed by atoms with Gasteiger partial charge in [0, 0.05) is 5.56 Å². The molecular weight excluding hydrogens is 461 g/mol. The first-order chi connectivity index (χ1) is 15.2. The van der Waals surface area contributed by atoms with Crippen molar-refractivity contribution in [3.63, 3.8) is 0 Å². The van der Waals surface area contributed by atoms with E-state index in [-0.39, 0.29) is 11.9 Å². The predicted molar refractivity (Wildman–Crippen MR) is 145 cm³/mol. The minimum absolute atomic E-state index is 0.00565. The van der Waals surface area contributed by atoms with E-state index < -0.39 is 31.3 Å². The molecular formula is C26H42O4Si3. The van der Waals surface area contributed by atoms with E-state index in [0.717, 1.165) is 29.2 Å². The van der Waals surface area contributed by atoms with Gasteiger partial charge in [0.2, 0.25) is 0 Å². The maximum Gasteiger partial charge on any atom is 0.314 e. The molecule has 0 saturated carbocycles. The molecule has 0 aliphatic heterocycles. The fourth-order valence-corrected chi connectivity index (χ4v) is 16.5. The number of ether oxygens (including phenoxy) is 1. The van der Waals surface area contributed by atoms with Crippen molar-refractivity contribution < 1.29 is 17.8 Å². The van der Waals surface area contributed by atoms with Crippen LogP contribution in [0.15, 0.2) is 54.6 Å². The lowest BCUT2D eigenvalue weighted by Gasteiger charge is -2.38. The molecule has 4 nitrogen and oxygen atoms in total. The average Bonchev–Trinajstić information content (AvgIpc) is 2.68. The molecule has 0 aliphatic carbocycles. The standard InChI is InChI=1S/C26H42O4Si3/c1-21(2)28-26(23-16-11-10-12-17-23)25(27)24-18-14-13-15-22(24)19-20-33(9,29-31(3,4)5)30-32(6,7)8/h10-18,21,26H,19-20H2,1-9H3. The Morgan fingerprint density at radius 3 is 1.82 bits per heavy atom. The minimum Gasteiger partial charge on any atom is -0.437 e. The SMILES string of the molecule is CC(C)OC(C(=O)c1ccccc1CC[Si](C)(O[Si](C)(C)C)O[Si](C)(C)C)c1ccccc1. The lowest BCUT2D eigenvalue weighted by Crippen LogP contribution is -2.52. The first-order valence-electron chi connectivity index (χ1n) is 11.9. The number of benzene rings is 2. The predicted octanol–water partition coefficient (Wildman–Crippen LogP) is 7.35. The number of hydrogen-bond acceptors (Lipinski definition) is 4. The van der Waals surface area contributed by atoms with E-state index >= 15 is 0 Å². The molecule has 33 heavy (non-hydrogen) atoms. The quantitative estimate of drug-likeness (QED) is 0.225. The lowest BCUT2D eigenvalue weighted by molar-refractivity contribution is 0.0113. The molecule has 0 aliphatic rings. The second kappa shape index (κ2) is 11.4. The van der Waals surface area contributed by atoms with Crippen LogP contribution >= 0.6 is 0 Å². The summed E-state index contributed by atoms with van der Waals surface area (Å²) in [4.78, 5) is 13.7. The van der Waals surface area contributed by atoms with Crippen LogP contribution in [0, 0.1) is 0 Å². The highest BCUT2D eigenvalue weighted by molar-refractivity contribution is 6.87. The van der Waals surface area contributed by atoms with E-state index in [9.17, 15) is 4.79 Å². The van der Waals surface area contributed by atoms with Crippen LogP contribution in [0.2, 0.25) is 51.9 Å². The molecule has 2 rings (SSSR count). The second-order valence-electron chi connectivity index (χ2n) is 11.1. The van der Waals surface area contributed by atoms with E-state index in [0.29, 0.717) is 0 Å². The first-order valence-corrected chi connectivity index (χ1v) is 21.3. The van der Waals surface area contributed by atoms with Crippen LogP contribution in [-0.4, -0.2) is 37.1 Å². The van der Waals surface area contributed by atoms with Crippen LogP contribution in [0.5, 0.6) is 0 Å². The number of aryl methyl sites for hydroxylation is 1. The van der Waals surface area contributed by atoms with E-state index in [1.807, 2.05) is 62.4 Å². The third-order valence-corrected chi connectivity index (χ3v) is 14.4. The minimum atomic E-state index is -2.40. The van der Waals surface area contributed by atoms with Gasteiger partial charge >= 0.3 is 8.56 Å². The Morgan fingerprint density at radius 1 is 0.788 bits per heavy atom. The molecule has 0 heterocycles. The molecule has 1 unspecified atom stereocenters. The summed E-state index contributed by atoms with van der Waals surface area (Å²) in [5.74, 6) is 0.00565. The molecule has 182 valence electrons. The Morgan fingerprint density at radius 2 is 1.30 bits per heavy atom. The summed E-state index contributed by atoms with van der Waals surface area (Å²) in [6.45, 7) is 19.4. The molecule has 2 aromatic carbocycles. The third-order valence-electron chi connectivity index (χ3n) is 4.92. The summed E-state index contributed by atoms with van der Waals surface area (Å²) in [5, 5.41) is 0. The van der Waals surface area contributed by atoms with Crippen molar-refractivity contribution in [2.75, 3.05) is 0 Å². The number of carbonyl (C=O) groups excluding carboxylic acids is 1. The van der Waals surface area contributed by atoms with Gasteiger partial charge in [-0.15, -0.1) is 0 Å². The van der Waals surface area contributed by atoms with Gasteiger partial charge in [0.15, 0.2) is 22.4 Å². The van der Waals surface area contributed by atoms with Crippen LogP contribution in [0.4, 0.5) is 0 Å². The van der Waals surface area contributed by atoms with Crippen LogP contribution in [0.1, 0.15) is 41.4 Å². The highest BCUT2D eigenvalue weighted by Gasteiger charge is 2.40. The topological polar surface area (TPSA) is 44.8 Å². The Balaban J connectivity index is 2.33.